The molecule has 2 N–H and O–H groups in total. The van der Waals surface area contributed by atoms with Gasteiger partial charge in [0.25, 0.3) is 0 Å². The Kier molecular flexibility index (Phi) is 5.26. The molecular formula is C22H25N7OS2. The van der Waals surface area contributed by atoms with Gasteiger partial charge in [-0.15, -0.1) is 21.5 Å². The van der Waals surface area contributed by atoms with Crippen molar-refractivity contribution in [2.75, 3.05) is 23.7 Å². The number of thioether (sulfide) groups is 1. The molecule has 8 nitrogen and oxygen atoms in total. The summed E-state index contributed by atoms with van der Waals surface area (Å²) in [4.78, 5) is 14.3. The fraction of sp³-hybridized carbons (Fsp3) is 0.455. The third kappa shape index (κ3) is 3.65. The number of anilines is 2. The molecule has 0 saturated carbocycles. The molecular weight excluding hydrogens is 442 g/mol. The van der Waals surface area contributed by atoms with Gasteiger partial charge < -0.3 is 15.1 Å². The second-order valence-corrected chi connectivity index (χ2v) is 10.4. The smallest absolute Gasteiger partial charge is 0.228 e. The van der Waals surface area contributed by atoms with Crippen LogP contribution in [0.4, 0.5) is 11.8 Å². The summed E-state index contributed by atoms with van der Waals surface area (Å²) in [6, 6.07) is 3.90. The molecule has 0 radical (unpaired) electrons. The van der Waals surface area contributed by atoms with Gasteiger partial charge in [-0.25, -0.2) is 9.97 Å². The van der Waals surface area contributed by atoms with E-state index in [4.69, 9.17) is 15.1 Å². The average molecular weight is 468 g/mol. The van der Waals surface area contributed by atoms with Crippen molar-refractivity contribution in [3.05, 3.63) is 40.4 Å². The van der Waals surface area contributed by atoms with Crippen LogP contribution in [0.15, 0.2) is 28.0 Å². The van der Waals surface area contributed by atoms with Gasteiger partial charge in [0, 0.05) is 18.0 Å². The largest absolute Gasteiger partial charge is 0.467 e. The minimum Gasteiger partial charge on any atom is -0.467 e. The summed E-state index contributed by atoms with van der Waals surface area (Å²) in [5, 5.41) is 10.9. The van der Waals surface area contributed by atoms with Crippen LogP contribution in [0.3, 0.4) is 0 Å². The Morgan fingerprint density at radius 2 is 1.97 bits per heavy atom. The SMILES string of the molecule is Nc1nc(CSc2nnc(N3CCCC3)n2Cc2ccco2)nc2sc3c(c12)CCCC3. The molecule has 0 amide bonds. The number of aryl methyl sites for hydroxylation is 2. The molecule has 0 bridgehead atoms. The normalized spacial score (nSPS) is 16.2. The quantitative estimate of drug-likeness (QED) is 0.420. The summed E-state index contributed by atoms with van der Waals surface area (Å²) in [6.45, 7) is 2.63. The molecule has 1 aliphatic heterocycles. The maximum absolute atomic E-state index is 6.40. The number of nitrogens with two attached hydrogens (primary N) is 1. The maximum Gasteiger partial charge on any atom is 0.228 e. The highest BCUT2D eigenvalue weighted by Crippen LogP contribution is 2.38. The van der Waals surface area contributed by atoms with E-state index < -0.39 is 0 Å². The molecule has 10 heteroatoms. The van der Waals surface area contributed by atoms with Gasteiger partial charge >= 0.3 is 0 Å². The number of thiophene rings is 1. The Morgan fingerprint density at radius 3 is 2.81 bits per heavy atom. The zero-order valence-electron chi connectivity index (χ0n) is 17.8. The molecule has 0 atom stereocenters. The molecule has 4 aromatic heterocycles. The Balaban J connectivity index is 1.28. The molecule has 1 fully saturated rings. The molecule has 166 valence electrons. The molecule has 2 aliphatic rings. The van der Waals surface area contributed by atoms with E-state index in [1.165, 1.54) is 36.1 Å². The topological polar surface area (TPSA) is 98.9 Å². The van der Waals surface area contributed by atoms with Gasteiger partial charge in [-0.05, 0) is 56.2 Å². The van der Waals surface area contributed by atoms with Crippen molar-refractivity contribution in [3.8, 4) is 0 Å². The fourth-order valence-corrected chi connectivity index (χ4v) is 6.74. The minimum absolute atomic E-state index is 0.596. The number of aromatic nitrogens is 5. The molecule has 5 heterocycles. The van der Waals surface area contributed by atoms with Crippen molar-refractivity contribution < 1.29 is 4.42 Å². The summed E-state index contributed by atoms with van der Waals surface area (Å²) >= 11 is 3.38. The summed E-state index contributed by atoms with van der Waals surface area (Å²) < 4.78 is 7.74. The van der Waals surface area contributed by atoms with Crippen LogP contribution in [0.1, 0.15) is 47.7 Å². The van der Waals surface area contributed by atoms with Gasteiger partial charge in [-0.3, -0.25) is 4.57 Å². The molecule has 6 rings (SSSR count). The van der Waals surface area contributed by atoms with Gasteiger partial charge in [-0.1, -0.05) is 11.8 Å². The second kappa shape index (κ2) is 8.40. The third-order valence-electron chi connectivity index (χ3n) is 6.20. The zero-order chi connectivity index (χ0) is 21.5. The van der Waals surface area contributed by atoms with E-state index in [1.807, 2.05) is 12.1 Å². The summed E-state index contributed by atoms with van der Waals surface area (Å²) in [6.07, 6.45) is 8.78. The van der Waals surface area contributed by atoms with Crippen molar-refractivity contribution in [1.82, 2.24) is 24.7 Å². The first-order chi connectivity index (χ1) is 15.8. The predicted octanol–water partition coefficient (Wildman–Crippen LogP) is 4.28. The number of nitrogens with zero attached hydrogens (tertiary/aromatic N) is 6. The number of rotatable bonds is 6. The average Bonchev–Trinajstić information content (AvgIpc) is 3.58. The van der Waals surface area contributed by atoms with E-state index in [-0.39, 0.29) is 0 Å². The first-order valence-corrected chi connectivity index (χ1v) is 13.0. The number of nitrogen functional groups attached to an aromatic ring is 1. The monoisotopic (exact) mass is 467 g/mol. The first kappa shape index (κ1) is 20.0. The summed E-state index contributed by atoms with van der Waals surface area (Å²) in [7, 11) is 0. The molecule has 1 aliphatic carbocycles. The van der Waals surface area contributed by atoms with Gasteiger partial charge in [0.15, 0.2) is 5.16 Å². The lowest BCUT2D eigenvalue weighted by Gasteiger charge is -2.17. The zero-order valence-corrected chi connectivity index (χ0v) is 19.4. The van der Waals surface area contributed by atoms with Crippen LogP contribution in [0, 0.1) is 0 Å². The molecule has 1 saturated heterocycles. The Labute approximate surface area is 194 Å². The number of furan rings is 1. The predicted molar refractivity (Wildman–Crippen MR) is 127 cm³/mol. The van der Waals surface area contributed by atoms with E-state index in [1.54, 1.807) is 29.4 Å². The van der Waals surface area contributed by atoms with Crippen LogP contribution in [0.25, 0.3) is 10.2 Å². The van der Waals surface area contributed by atoms with E-state index in [0.717, 1.165) is 58.8 Å². The number of fused-ring (bicyclic) bond motifs is 3. The van der Waals surface area contributed by atoms with Gasteiger partial charge in [0.05, 0.1) is 23.9 Å². The minimum atomic E-state index is 0.596. The molecule has 0 spiro atoms. The van der Waals surface area contributed by atoms with Crippen molar-refractivity contribution in [2.45, 2.75) is 56.0 Å². The van der Waals surface area contributed by atoms with Gasteiger partial charge in [-0.2, -0.15) is 0 Å². The summed E-state index contributed by atoms with van der Waals surface area (Å²) in [5.74, 6) is 3.74. The van der Waals surface area contributed by atoms with Crippen LogP contribution in [-0.4, -0.2) is 37.8 Å². The van der Waals surface area contributed by atoms with E-state index in [9.17, 15) is 0 Å². The highest BCUT2D eigenvalue weighted by Gasteiger charge is 2.23. The number of hydrogen-bond donors (Lipinski definition) is 1. The van der Waals surface area contributed by atoms with Crippen LogP contribution in [0.2, 0.25) is 0 Å². The summed E-state index contributed by atoms with van der Waals surface area (Å²) in [5.41, 5.74) is 7.77. The number of hydrogen-bond acceptors (Lipinski definition) is 9. The standard InChI is InChI=1S/C22H25N7OS2/c23-19-18-15-7-1-2-8-16(15)32-20(18)25-17(24-19)13-31-22-27-26-21(28-9-3-4-10-28)29(22)12-14-6-5-11-30-14/h5-6,11H,1-4,7-10,12-13H2,(H2,23,24,25). The van der Waals surface area contributed by atoms with Gasteiger partial charge in [0.1, 0.15) is 22.2 Å². The Hall–Kier alpha value is -2.59. The van der Waals surface area contributed by atoms with Crippen LogP contribution in [0.5, 0.6) is 0 Å². The van der Waals surface area contributed by atoms with E-state index in [0.29, 0.717) is 18.1 Å². The van der Waals surface area contributed by atoms with Crippen molar-refractivity contribution in [2.24, 2.45) is 0 Å². The lowest BCUT2D eigenvalue weighted by Crippen LogP contribution is -2.22. The van der Waals surface area contributed by atoms with E-state index >= 15 is 0 Å². The van der Waals surface area contributed by atoms with Gasteiger partial charge in [0.2, 0.25) is 5.95 Å². The second-order valence-electron chi connectivity index (χ2n) is 8.35. The highest BCUT2D eigenvalue weighted by atomic mass is 32.2. The maximum atomic E-state index is 6.40. The Morgan fingerprint density at radius 1 is 1.09 bits per heavy atom. The lowest BCUT2D eigenvalue weighted by atomic mass is 9.97. The third-order valence-corrected chi connectivity index (χ3v) is 8.35. The molecule has 32 heavy (non-hydrogen) atoms. The van der Waals surface area contributed by atoms with Crippen molar-refractivity contribution >= 4 is 45.1 Å². The molecule has 0 aromatic carbocycles. The van der Waals surface area contributed by atoms with Crippen LogP contribution >= 0.6 is 23.1 Å². The first-order valence-electron chi connectivity index (χ1n) is 11.2. The van der Waals surface area contributed by atoms with Crippen molar-refractivity contribution in [3.63, 3.8) is 0 Å². The molecule has 4 aromatic rings. The van der Waals surface area contributed by atoms with Crippen molar-refractivity contribution in [1.29, 1.82) is 0 Å². The van der Waals surface area contributed by atoms with Crippen LogP contribution < -0.4 is 10.6 Å². The Bertz CT molecular complexity index is 1240. The lowest BCUT2D eigenvalue weighted by molar-refractivity contribution is 0.483. The van der Waals surface area contributed by atoms with E-state index in [2.05, 4.69) is 24.6 Å². The highest BCUT2D eigenvalue weighted by molar-refractivity contribution is 7.98. The van der Waals surface area contributed by atoms with Crippen LogP contribution in [-0.2, 0) is 25.1 Å². The fourth-order valence-electron chi connectivity index (χ4n) is 4.66. The molecule has 0 unspecified atom stereocenters.